The van der Waals surface area contributed by atoms with E-state index < -0.39 is 0 Å². The SMILES string of the molecule is Cc1nc(C(C)C)c(S)s1. The van der Waals surface area contributed by atoms with Crippen LogP contribution in [-0.4, -0.2) is 4.98 Å². The lowest BCUT2D eigenvalue weighted by Crippen LogP contribution is -1.87. The molecule has 0 spiro atoms. The van der Waals surface area contributed by atoms with E-state index in [1.807, 2.05) is 6.92 Å². The van der Waals surface area contributed by atoms with Gasteiger partial charge in [0, 0.05) is 0 Å². The van der Waals surface area contributed by atoms with Gasteiger partial charge in [-0.1, -0.05) is 13.8 Å². The van der Waals surface area contributed by atoms with Crippen LogP contribution in [0.25, 0.3) is 0 Å². The number of nitrogens with zero attached hydrogens (tertiary/aromatic N) is 1. The maximum Gasteiger partial charge on any atom is 0.0909 e. The van der Waals surface area contributed by atoms with Gasteiger partial charge in [0.1, 0.15) is 0 Å². The predicted molar refractivity (Wildman–Crippen MR) is 48.2 cm³/mol. The molecule has 1 rings (SSSR count). The average Bonchev–Trinajstić information content (AvgIpc) is 2.10. The molecule has 0 atom stereocenters. The molecule has 1 nitrogen and oxygen atoms in total. The third-order valence-corrected chi connectivity index (χ3v) is 2.58. The van der Waals surface area contributed by atoms with E-state index in [4.69, 9.17) is 0 Å². The van der Waals surface area contributed by atoms with Crippen LogP contribution in [0.15, 0.2) is 4.21 Å². The van der Waals surface area contributed by atoms with Crippen molar-refractivity contribution in [3.8, 4) is 0 Å². The zero-order chi connectivity index (χ0) is 7.72. The molecule has 10 heavy (non-hydrogen) atoms. The Morgan fingerprint density at radius 2 is 2.10 bits per heavy atom. The molecule has 0 N–H and O–H groups in total. The fraction of sp³-hybridized carbons (Fsp3) is 0.571. The monoisotopic (exact) mass is 173 g/mol. The molecule has 0 aliphatic carbocycles. The molecule has 3 heteroatoms. The molecule has 0 bridgehead atoms. The molecular weight excluding hydrogens is 162 g/mol. The summed E-state index contributed by atoms with van der Waals surface area (Å²) < 4.78 is 1.06. The largest absolute Gasteiger partial charge is 0.245 e. The molecule has 0 aromatic carbocycles. The van der Waals surface area contributed by atoms with Gasteiger partial charge in [0.2, 0.25) is 0 Å². The summed E-state index contributed by atoms with van der Waals surface area (Å²) in [6, 6.07) is 0. The molecule has 0 radical (unpaired) electrons. The molecule has 1 aromatic rings. The molecule has 0 saturated carbocycles. The molecule has 1 heterocycles. The Labute approximate surface area is 70.9 Å². The van der Waals surface area contributed by atoms with Gasteiger partial charge in [0.25, 0.3) is 0 Å². The number of rotatable bonds is 1. The van der Waals surface area contributed by atoms with Gasteiger partial charge >= 0.3 is 0 Å². The molecule has 0 aliphatic rings. The molecule has 0 amide bonds. The number of hydrogen-bond donors (Lipinski definition) is 1. The van der Waals surface area contributed by atoms with Crippen LogP contribution >= 0.6 is 24.0 Å². The zero-order valence-electron chi connectivity index (χ0n) is 6.38. The predicted octanol–water partition coefficient (Wildman–Crippen LogP) is 2.86. The van der Waals surface area contributed by atoms with E-state index in [0.29, 0.717) is 5.92 Å². The maximum atomic E-state index is 4.35. The number of thiazole rings is 1. The van der Waals surface area contributed by atoms with Gasteiger partial charge in [-0.25, -0.2) is 4.98 Å². The maximum absolute atomic E-state index is 4.35. The Balaban J connectivity index is 3.03. The fourth-order valence-electron chi connectivity index (χ4n) is 0.809. The number of aromatic nitrogens is 1. The normalized spacial score (nSPS) is 10.9. The summed E-state index contributed by atoms with van der Waals surface area (Å²) >= 11 is 5.96. The van der Waals surface area contributed by atoms with Crippen LogP contribution in [0.3, 0.4) is 0 Å². The third kappa shape index (κ3) is 1.52. The Bertz CT molecular complexity index is 228. The molecule has 0 aliphatic heterocycles. The summed E-state index contributed by atoms with van der Waals surface area (Å²) in [7, 11) is 0. The van der Waals surface area contributed by atoms with E-state index in [1.54, 1.807) is 11.3 Å². The fourth-order valence-corrected chi connectivity index (χ4v) is 2.32. The topological polar surface area (TPSA) is 12.9 Å². The molecule has 0 saturated heterocycles. The van der Waals surface area contributed by atoms with Crippen molar-refractivity contribution in [2.45, 2.75) is 30.9 Å². The van der Waals surface area contributed by atoms with Crippen LogP contribution in [0.4, 0.5) is 0 Å². The lowest BCUT2D eigenvalue weighted by atomic mass is 10.2. The van der Waals surface area contributed by atoms with Crippen molar-refractivity contribution in [2.24, 2.45) is 0 Å². The Morgan fingerprint density at radius 3 is 2.30 bits per heavy atom. The van der Waals surface area contributed by atoms with E-state index in [0.717, 1.165) is 14.9 Å². The van der Waals surface area contributed by atoms with Gasteiger partial charge in [-0.05, 0) is 12.8 Å². The van der Waals surface area contributed by atoms with E-state index in [9.17, 15) is 0 Å². The highest BCUT2D eigenvalue weighted by Crippen LogP contribution is 2.27. The van der Waals surface area contributed by atoms with Gasteiger partial charge in [0.05, 0.1) is 14.9 Å². The van der Waals surface area contributed by atoms with Gasteiger partial charge in [-0.15, -0.1) is 24.0 Å². The summed E-state index contributed by atoms with van der Waals surface area (Å²) in [5, 5.41) is 1.11. The van der Waals surface area contributed by atoms with Crippen LogP contribution in [0, 0.1) is 6.92 Å². The van der Waals surface area contributed by atoms with Gasteiger partial charge in [-0.3, -0.25) is 0 Å². The first kappa shape index (κ1) is 8.08. The Hall–Kier alpha value is -0.0200. The van der Waals surface area contributed by atoms with Gasteiger partial charge < -0.3 is 0 Å². The third-order valence-electron chi connectivity index (χ3n) is 1.29. The number of hydrogen-bond acceptors (Lipinski definition) is 3. The summed E-state index contributed by atoms with van der Waals surface area (Å²) in [6.45, 7) is 6.28. The molecule has 0 fully saturated rings. The zero-order valence-corrected chi connectivity index (χ0v) is 8.09. The lowest BCUT2D eigenvalue weighted by molar-refractivity contribution is 0.810. The Morgan fingerprint density at radius 1 is 1.50 bits per heavy atom. The summed E-state index contributed by atoms with van der Waals surface area (Å²) in [4.78, 5) is 4.35. The quantitative estimate of drug-likeness (QED) is 0.644. The van der Waals surface area contributed by atoms with E-state index in [2.05, 4.69) is 31.5 Å². The molecule has 0 unspecified atom stereocenters. The van der Waals surface area contributed by atoms with Crippen LogP contribution in [0.1, 0.15) is 30.5 Å². The molecule has 1 aromatic heterocycles. The van der Waals surface area contributed by atoms with Gasteiger partial charge in [-0.2, -0.15) is 0 Å². The van der Waals surface area contributed by atoms with Gasteiger partial charge in [0.15, 0.2) is 0 Å². The highest BCUT2D eigenvalue weighted by Gasteiger charge is 2.08. The average molecular weight is 173 g/mol. The second-order valence-corrected chi connectivity index (χ2v) is 4.53. The summed E-state index contributed by atoms with van der Waals surface area (Å²) in [5.41, 5.74) is 1.13. The van der Waals surface area contributed by atoms with Crippen molar-refractivity contribution in [2.75, 3.05) is 0 Å². The highest BCUT2D eigenvalue weighted by atomic mass is 32.2. The standard InChI is InChI=1S/C7H11NS2/c1-4(2)6-7(9)10-5(3)8-6/h4,9H,1-3H3. The molecular formula is C7H11NS2. The number of thiol groups is 1. The van der Waals surface area contributed by atoms with Crippen molar-refractivity contribution in [3.63, 3.8) is 0 Å². The van der Waals surface area contributed by atoms with Crippen LogP contribution < -0.4 is 0 Å². The lowest BCUT2D eigenvalue weighted by Gasteiger charge is -1.98. The van der Waals surface area contributed by atoms with Crippen molar-refractivity contribution in [1.29, 1.82) is 0 Å². The van der Waals surface area contributed by atoms with Crippen LogP contribution in [0.2, 0.25) is 0 Å². The van der Waals surface area contributed by atoms with Crippen molar-refractivity contribution < 1.29 is 0 Å². The summed E-state index contributed by atoms with van der Waals surface area (Å²) in [5.74, 6) is 0.498. The molecule has 56 valence electrons. The number of aryl methyl sites for hydroxylation is 1. The van der Waals surface area contributed by atoms with Crippen molar-refractivity contribution in [3.05, 3.63) is 10.7 Å². The first-order valence-corrected chi connectivity index (χ1v) is 4.54. The minimum atomic E-state index is 0.498. The van der Waals surface area contributed by atoms with E-state index >= 15 is 0 Å². The second-order valence-electron chi connectivity index (χ2n) is 2.58. The smallest absolute Gasteiger partial charge is 0.0909 e. The van der Waals surface area contributed by atoms with Crippen LogP contribution in [0.5, 0.6) is 0 Å². The minimum absolute atomic E-state index is 0.498. The highest BCUT2D eigenvalue weighted by molar-refractivity contribution is 7.82. The summed E-state index contributed by atoms with van der Waals surface area (Å²) in [6.07, 6.45) is 0. The van der Waals surface area contributed by atoms with Crippen molar-refractivity contribution in [1.82, 2.24) is 4.98 Å². The van der Waals surface area contributed by atoms with Crippen molar-refractivity contribution >= 4 is 24.0 Å². The first-order valence-electron chi connectivity index (χ1n) is 3.27. The first-order chi connectivity index (χ1) is 4.61. The van der Waals surface area contributed by atoms with E-state index in [-0.39, 0.29) is 0 Å². The van der Waals surface area contributed by atoms with E-state index in [1.165, 1.54) is 0 Å². The Kier molecular flexibility index (Phi) is 2.36. The van der Waals surface area contributed by atoms with Crippen LogP contribution in [-0.2, 0) is 0 Å². The minimum Gasteiger partial charge on any atom is -0.245 e. The second kappa shape index (κ2) is 2.93.